The van der Waals surface area contributed by atoms with Crippen LogP contribution in [0, 0.1) is 11.3 Å². The van der Waals surface area contributed by atoms with Gasteiger partial charge in [-0.05, 0) is 36.6 Å². The summed E-state index contributed by atoms with van der Waals surface area (Å²) in [6.07, 6.45) is 2.29. The summed E-state index contributed by atoms with van der Waals surface area (Å²) in [4.78, 5) is 9.78. The van der Waals surface area contributed by atoms with Crippen LogP contribution in [0.5, 0.6) is 0 Å². The quantitative estimate of drug-likeness (QED) is 0.595. The first-order valence-electron chi connectivity index (χ1n) is 11.6. The van der Waals surface area contributed by atoms with Crippen molar-refractivity contribution < 1.29 is 4.74 Å². The lowest BCUT2D eigenvalue weighted by molar-refractivity contribution is 0.0137. The summed E-state index contributed by atoms with van der Waals surface area (Å²) in [6.45, 7) is 6.00. The number of hydrogen-bond donors (Lipinski definition) is 1. The Balaban J connectivity index is 1.48. The number of aromatic nitrogens is 1. The maximum absolute atomic E-state index is 10.2. The lowest BCUT2D eigenvalue weighted by Gasteiger charge is -2.42. The minimum absolute atomic E-state index is 0.478. The molecule has 3 heterocycles. The minimum Gasteiger partial charge on any atom is -0.379 e. The van der Waals surface area contributed by atoms with Crippen molar-refractivity contribution in [1.82, 2.24) is 9.88 Å². The normalized spacial score (nSPS) is 19.4. The molecule has 2 fully saturated rings. The Morgan fingerprint density at radius 1 is 1.09 bits per heavy atom. The van der Waals surface area contributed by atoms with Crippen LogP contribution < -0.4 is 10.2 Å². The van der Waals surface area contributed by atoms with E-state index in [1.807, 2.05) is 42.5 Å². The zero-order valence-corrected chi connectivity index (χ0v) is 19.4. The van der Waals surface area contributed by atoms with Gasteiger partial charge in [-0.3, -0.25) is 4.90 Å². The van der Waals surface area contributed by atoms with Gasteiger partial charge in [-0.2, -0.15) is 5.26 Å². The van der Waals surface area contributed by atoms with Crippen LogP contribution in [0.3, 0.4) is 0 Å². The third kappa shape index (κ3) is 4.77. The number of ether oxygens (including phenoxy) is 1. The van der Waals surface area contributed by atoms with Gasteiger partial charge in [0.2, 0.25) is 0 Å². The molecule has 0 saturated carbocycles. The Morgan fingerprint density at radius 3 is 2.67 bits per heavy atom. The first-order chi connectivity index (χ1) is 16.2. The fourth-order valence-corrected chi connectivity index (χ4v) is 5.07. The van der Waals surface area contributed by atoms with E-state index in [4.69, 9.17) is 21.3 Å². The molecule has 0 bridgehead atoms. The van der Waals surface area contributed by atoms with E-state index in [1.165, 1.54) is 6.42 Å². The highest BCUT2D eigenvalue weighted by Crippen LogP contribution is 2.36. The van der Waals surface area contributed by atoms with Gasteiger partial charge < -0.3 is 15.0 Å². The van der Waals surface area contributed by atoms with Crippen LogP contribution in [0.1, 0.15) is 24.0 Å². The van der Waals surface area contributed by atoms with Gasteiger partial charge in [-0.25, -0.2) is 4.98 Å². The molecule has 2 aliphatic rings. The van der Waals surface area contributed by atoms with Crippen molar-refractivity contribution in [2.24, 2.45) is 0 Å². The van der Waals surface area contributed by atoms with Crippen LogP contribution in [-0.2, 0) is 11.3 Å². The van der Waals surface area contributed by atoms with Crippen molar-refractivity contribution in [3.05, 3.63) is 64.7 Å². The molecule has 0 spiro atoms. The molecule has 1 atom stereocenters. The zero-order chi connectivity index (χ0) is 22.6. The van der Waals surface area contributed by atoms with Gasteiger partial charge in [0.25, 0.3) is 0 Å². The first-order valence-corrected chi connectivity index (χ1v) is 12.0. The van der Waals surface area contributed by atoms with Crippen LogP contribution in [-0.4, -0.2) is 55.3 Å². The molecule has 6 nitrogen and oxygen atoms in total. The molecule has 2 aliphatic heterocycles. The van der Waals surface area contributed by atoms with Gasteiger partial charge in [-0.15, -0.1) is 0 Å². The lowest BCUT2D eigenvalue weighted by atomic mass is 10.00. The molecular formula is C26H28ClN5O. The summed E-state index contributed by atoms with van der Waals surface area (Å²) >= 11 is 6.02. The van der Waals surface area contributed by atoms with Crippen molar-refractivity contribution in [3.63, 3.8) is 0 Å². The molecule has 2 aromatic carbocycles. The number of piperidine rings is 1. The second-order valence-electron chi connectivity index (χ2n) is 8.68. The molecular weight excluding hydrogens is 434 g/mol. The number of anilines is 2. The Bertz CT molecular complexity index is 1150. The molecule has 1 unspecified atom stereocenters. The van der Waals surface area contributed by atoms with Crippen molar-refractivity contribution in [2.75, 3.05) is 49.6 Å². The van der Waals surface area contributed by atoms with Crippen molar-refractivity contribution >= 4 is 34.0 Å². The Morgan fingerprint density at radius 2 is 1.88 bits per heavy atom. The van der Waals surface area contributed by atoms with E-state index < -0.39 is 0 Å². The number of morpholine rings is 1. The standard InChI is InChI=1S/C26H28ClN5O/c27-20-9-7-19(8-10-20)17-29-26-23(16-28)25(22-5-1-2-6-24(22)30-26)32-11-3-4-21(18-32)31-12-14-33-15-13-31/h1-2,5-10,21H,3-4,11-15,17-18H2,(H,29,30). The SMILES string of the molecule is N#Cc1c(NCc2ccc(Cl)cc2)nc2ccccc2c1N1CCCC(N2CCOCC2)C1. The fraction of sp³-hybridized carbons (Fsp3) is 0.385. The van der Waals surface area contributed by atoms with Gasteiger partial charge in [0.05, 0.1) is 24.4 Å². The van der Waals surface area contributed by atoms with Crippen LogP contribution in [0.4, 0.5) is 11.5 Å². The maximum Gasteiger partial charge on any atom is 0.147 e. The fourth-order valence-electron chi connectivity index (χ4n) is 4.94. The third-order valence-corrected chi connectivity index (χ3v) is 6.88. The minimum atomic E-state index is 0.478. The topological polar surface area (TPSA) is 64.4 Å². The number of benzene rings is 2. The monoisotopic (exact) mass is 461 g/mol. The van der Waals surface area contributed by atoms with Gasteiger partial charge in [0.1, 0.15) is 17.5 Å². The van der Waals surface area contributed by atoms with Crippen LogP contribution in [0.15, 0.2) is 48.5 Å². The zero-order valence-electron chi connectivity index (χ0n) is 18.6. The average Bonchev–Trinajstić information content (AvgIpc) is 2.88. The number of pyridine rings is 1. The predicted octanol–water partition coefficient (Wildman–Crippen LogP) is 4.67. The number of nitriles is 1. The molecule has 3 aromatic rings. The molecule has 7 heteroatoms. The summed E-state index contributed by atoms with van der Waals surface area (Å²) in [5.74, 6) is 0.634. The first kappa shape index (κ1) is 22.0. The van der Waals surface area contributed by atoms with E-state index in [2.05, 4.69) is 27.3 Å². The van der Waals surface area contributed by atoms with Crippen molar-refractivity contribution in [1.29, 1.82) is 5.26 Å². The summed E-state index contributed by atoms with van der Waals surface area (Å²) in [5.41, 5.74) is 3.61. The smallest absolute Gasteiger partial charge is 0.147 e. The molecule has 0 aliphatic carbocycles. The van der Waals surface area contributed by atoms with E-state index in [9.17, 15) is 5.26 Å². The summed E-state index contributed by atoms with van der Waals surface area (Å²) in [5, 5.41) is 15.4. The Hall–Kier alpha value is -2.85. The summed E-state index contributed by atoms with van der Waals surface area (Å²) < 4.78 is 5.56. The Labute approximate surface area is 199 Å². The van der Waals surface area contributed by atoms with Crippen molar-refractivity contribution in [3.8, 4) is 6.07 Å². The number of nitrogens with one attached hydrogen (secondary N) is 1. The van der Waals surface area contributed by atoms with Gasteiger partial charge in [0.15, 0.2) is 0 Å². The lowest BCUT2D eigenvalue weighted by Crippen LogP contribution is -2.51. The number of hydrogen-bond acceptors (Lipinski definition) is 6. The maximum atomic E-state index is 10.2. The van der Waals surface area contributed by atoms with E-state index in [0.29, 0.717) is 29.0 Å². The largest absolute Gasteiger partial charge is 0.379 e. The molecule has 33 heavy (non-hydrogen) atoms. The molecule has 170 valence electrons. The molecule has 0 radical (unpaired) electrons. The molecule has 1 aromatic heterocycles. The number of para-hydroxylation sites is 1. The second kappa shape index (κ2) is 9.96. The second-order valence-corrected chi connectivity index (χ2v) is 9.12. The number of rotatable bonds is 5. The highest BCUT2D eigenvalue weighted by Gasteiger charge is 2.29. The van der Waals surface area contributed by atoms with Gasteiger partial charge in [0, 0.05) is 49.2 Å². The number of nitrogens with zero attached hydrogens (tertiary/aromatic N) is 4. The van der Waals surface area contributed by atoms with E-state index >= 15 is 0 Å². The molecule has 1 N–H and O–H groups in total. The van der Waals surface area contributed by atoms with Crippen LogP contribution in [0.2, 0.25) is 5.02 Å². The van der Waals surface area contributed by atoms with E-state index in [1.54, 1.807) is 0 Å². The number of halogens is 1. The summed E-state index contributed by atoms with van der Waals surface area (Å²) in [7, 11) is 0. The van der Waals surface area contributed by atoms with Crippen molar-refractivity contribution in [2.45, 2.75) is 25.4 Å². The number of fused-ring (bicyclic) bond motifs is 1. The van der Waals surface area contributed by atoms with Gasteiger partial charge >= 0.3 is 0 Å². The van der Waals surface area contributed by atoms with Crippen LogP contribution >= 0.6 is 11.6 Å². The average molecular weight is 462 g/mol. The third-order valence-electron chi connectivity index (χ3n) is 6.62. The van der Waals surface area contributed by atoms with Crippen LogP contribution in [0.25, 0.3) is 10.9 Å². The van der Waals surface area contributed by atoms with E-state index in [0.717, 1.165) is 68.0 Å². The predicted molar refractivity (Wildman–Crippen MR) is 133 cm³/mol. The molecule has 5 rings (SSSR count). The Kier molecular flexibility index (Phi) is 6.63. The van der Waals surface area contributed by atoms with Gasteiger partial charge in [-0.1, -0.05) is 41.9 Å². The molecule has 0 amide bonds. The molecule has 2 saturated heterocycles. The summed E-state index contributed by atoms with van der Waals surface area (Å²) in [6, 6.07) is 18.8. The highest BCUT2D eigenvalue weighted by atomic mass is 35.5. The van der Waals surface area contributed by atoms with E-state index in [-0.39, 0.29) is 0 Å². The highest BCUT2D eigenvalue weighted by molar-refractivity contribution is 6.30.